The molecule has 3 rings (SSSR count). The van der Waals surface area contributed by atoms with Crippen molar-refractivity contribution in [1.82, 2.24) is 9.97 Å². The summed E-state index contributed by atoms with van der Waals surface area (Å²) in [6.45, 7) is 0.319. The van der Waals surface area contributed by atoms with E-state index in [2.05, 4.69) is 9.97 Å². The first-order valence-corrected chi connectivity index (χ1v) is 7.98. The molecule has 0 amide bonds. The third kappa shape index (κ3) is 3.31. The molecule has 2 aromatic carbocycles. The molecule has 0 aliphatic heterocycles. The highest BCUT2D eigenvalue weighted by Gasteiger charge is 2.21. The molecule has 0 aliphatic rings. The van der Waals surface area contributed by atoms with E-state index in [1.165, 1.54) is 18.5 Å². The molecule has 0 saturated heterocycles. The van der Waals surface area contributed by atoms with E-state index in [0.29, 0.717) is 28.5 Å². The van der Waals surface area contributed by atoms with Crippen LogP contribution in [0.3, 0.4) is 0 Å². The Hall–Kier alpha value is -3.13. The van der Waals surface area contributed by atoms with Gasteiger partial charge in [-0.25, -0.2) is 4.98 Å². The van der Waals surface area contributed by atoms with Gasteiger partial charge in [-0.05, 0) is 24.3 Å². The molecule has 1 aromatic heterocycles. The quantitative estimate of drug-likeness (QED) is 0.543. The molecular weight excluding hydrogens is 360 g/mol. The second kappa shape index (κ2) is 7.01. The summed E-state index contributed by atoms with van der Waals surface area (Å²) in [4.78, 5) is 31.1. The number of nitrogens with one attached hydrogen (secondary N) is 1. The Morgan fingerprint density at radius 2 is 2.12 bits per heavy atom. The molecule has 0 radical (unpaired) electrons. The zero-order valence-electron chi connectivity index (χ0n) is 14.0. The lowest BCUT2D eigenvalue weighted by molar-refractivity contribution is -0.384. The second-order valence-electron chi connectivity index (χ2n) is 5.66. The van der Waals surface area contributed by atoms with Crippen molar-refractivity contribution in [3.63, 3.8) is 0 Å². The van der Waals surface area contributed by atoms with Gasteiger partial charge in [0, 0.05) is 30.2 Å². The standard InChI is InChI=1S/C17H15ClN4O4/c1-21(8-10-5-11(18)3-4-16(10)26-2)14-7-13-12(6-15(14)22(24)25)17(23)20-9-19-13/h3-7,9H,8H2,1-2H3,(H,19,20,23). The third-order valence-electron chi connectivity index (χ3n) is 3.99. The van der Waals surface area contributed by atoms with Gasteiger partial charge >= 0.3 is 0 Å². The van der Waals surface area contributed by atoms with E-state index < -0.39 is 10.5 Å². The fraction of sp³-hybridized carbons (Fsp3) is 0.176. The van der Waals surface area contributed by atoms with E-state index in [-0.39, 0.29) is 11.1 Å². The lowest BCUT2D eigenvalue weighted by atomic mass is 10.1. The van der Waals surface area contributed by atoms with Crippen molar-refractivity contribution in [2.24, 2.45) is 0 Å². The normalized spacial score (nSPS) is 10.7. The first-order chi connectivity index (χ1) is 12.4. The van der Waals surface area contributed by atoms with Crippen molar-refractivity contribution in [3.8, 4) is 5.75 Å². The monoisotopic (exact) mass is 374 g/mol. The van der Waals surface area contributed by atoms with Crippen LogP contribution in [0.4, 0.5) is 11.4 Å². The summed E-state index contributed by atoms with van der Waals surface area (Å²) < 4.78 is 5.32. The molecule has 0 aliphatic carbocycles. The topological polar surface area (TPSA) is 101 Å². The molecule has 134 valence electrons. The van der Waals surface area contributed by atoms with Crippen LogP contribution < -0.4 is 15.2 Å². The van der Waals surface area contributed by atoms with Gasteiger partial charge in [-0.1, -0.05) is 11.6 Å². The number of benzene rings is 2. The first-order valence-electron chi connectivity index (χ1n) is 7.60. The smallest absolute Gasteiger partial charge is 0.293 e. The molecule has 0 saturated carbocycles. The van der Waals surface area contributed by atoms with E-state index in [4.69, 9.17) is 16.3 Å². The molecule has 3 aromatic rings. The van der Waals surface area contributed by atoms with Crippen LogP contribution in [0.2, 0.25) is 5.02 Å². The Morgan fingerprint density at radius 1 is 1.35 bits per heavy atom. The number of H-pyrrole nitrogens is 1. The minimum Gasteiger partial charge on any atom is -0.496 e. The maximum absolute atomic E-state index is 11.9. The number of nitro groups is 1. The van der Waals surface area contributed by atoms with Crippen LogP contribution in [0.1, 0.15) is 5.56 Å². The number of nitro benzene ring substituents is 1. The lowest BCUT2D eigenvalue weighted by Crippen LogP contribution is -2.19. The average molecular weight is 375 g/mol. The molecule has 8 nitrogen and oxygen atoms in total. The van der Waals surface area contributed by atoms with E-state index >= 15 is 0 Å². The van der Waals surface area contributed by atoms with Gasteiger partial charge in [0.05, 0.1) is 29.3 Å². The Balaban J connectivity index is 2.09. The summed E-state index contributed by atoms with van der Waals surface area (Å²) in [7, 11) is 3.25. The van der Waals surface area contributed by atoms with Gasteiger partial charge in [-0.2, -0.15) is 0 Å². The first kappa shape index (κ1) is 17.7. The van der Waals surface area contributed by atoms with Crippen LogP contribution in [0.5, 0.6) is 5.75 Å². The highest BCUT2D eigenvalue weighted by Crippen LogP contribution is 2.33. The summed E-state index contributed by atoms with van der Waals surface area (Å²) in [5.74, 6) is 0.624. The molecule has 0 unspecified atom stereocenters. The molecule has 0 atom stereocenters. The molecule has 26 heavy (non-hydrogen) atoms. The second-order valence-corrected chi connectivity index (χ2v) is 6.10. The average Bonchev–Trinajstić information content (AvgIpc) is 2.61. The number of ether oxygens (including phenoxy) is 1. The van der Waals surface area contributed by atoms with Crippen molar-refractivity contribution in [2.75, 3.05) is 19.1 Å². The highest BCUT2D eigenvalue weighted by molar-refractivity contribution is 6.30. The van der Waals surface area contributed by atoms with E-state index in [0.717, 1.165) is 5.56 Å². The summed E-state index contributed by atoms with van der Waals surface area (Å²) in [6.07, 6.45) is 1.26. The van der Waals surface area contributed by atoms with Gasteiger partial charge in [-0.15, -0.1) is 0 Å². The number of anilines is 1. The van der Waals surface area contributed by atoms with Gasteiger partial charge in [0.25, 0.3) is 11.2 Å². The summed E-state index contributed by atoms with van der Waals surface area (Å²) in [6, 6.07) is 7.95. The number of hydrogen-bond donors (Lipinski definition) is 1. The minimum absolute atomic E-state index is 0.164. The molecule has 0 fully saturated rings. The SMILES string of the molecule is COc1ccc(Cl)cc1CN(C)c1cc2nc[nH]c(=O)c2cc1[N+](=O)[O-]. The number of hydrogen-bond acceptors (Lipinski definition) is 6. The Bertz CT molecular complexity index is 1050. The number of nitrogens with zero attached hydrogens (tertiary/aromatic N) is 3. The van der Waals surface area contributed by atoms with E-state index in [1.54, 1.807) is 37.3 Å². The molecule has 1 N–H and O–H groups in total. The van der Waals surface area contributed by atoms with Crippen LogP contribution >= 0.6 is 11.6 Å². The lowest BCUT2D eigenvalue weighted by Gasteiger charge is -2.21. The molecular formula is C17H15ClN4O4. The Kier molecular flexibility index (Phi) is 4.77. The summed E-state index contributed by atoms with van der Waals surface area (Å²) in [5.41, 5.74) is 0.876. The number of fused-ring (bicyclic) bond motifs is 1. The molecule has 0 spiro atoms. The van der Waals surface area contributed by atoms with Crippen molar-refractivity contribution < 1.29 is 9.66 Å². The van der Waals surface area contributed by atoms with Crippen molar-refractivity contribution >= 4 is 33.9 Å². The summed E-state index contributed by atoms with van der Waals surface area (Å²) >= 11 is 6.05. The largest absolute Gasteiger partial charge is 0.496 e. The predicted molar refractivity (Wildman–Crippen MR) is 99.1 cm³/mol. The highest BCUT2D eigenvalue weighted by atomic mass is 35.5. The fourth-order valence-corrected chi connectivity index (χ4v) is 2.95. The predicted octanol–water partition coefficient (Wildman–Crippen LogP) is 3.13. The van der Waals surface area contributed by atoms with Crippen LogP contribution in [0.15, 0.2) is 41.5 Å². The zero-order chi connectivity index (χ0) is 18.8. The van der Waals surface area contributed by atoms with Crippen LogP contribution in [-0.4, -0.2) is 29.0 Å². The summed E-state index contributed by atoms with van der Waals surface area (Å²) in [5, 5.41) is 12.2. The number of aromatic amines is 1. The van der Waals surface area contributed by atoms with Gasteiger partial charge in [0.2, 0.25) is 0 Å². The van der Waals surface area contributed by atoms with Crippen LogP contribution in [0.25, 0.3) is 10.9 Å². The molecule has 0 bridgehead atoms. The van der Waals surface area contributed by atoms with Crippen molar-refractivity contribution in [2.45, 2.75) is 6.54 Å². The van der Waals surface area contributed by atoms with Gasteiger partial charge in [0.1, 0.15) is 11.4 Å². The number of methoxy groups -OCH3 is 1. The Morgan fingerprint density at radius 3 is 2.81 bits per heavy atom. The van der Waals surface area contributed by atoms with Crippen LogP contribution in [0, 0.1) is 10.1 Å². The third-order valence-corrected chi connectivity index (χ3v) is 4.23. The fourth-order valence-electron chi connectivity index (χ4n) is 2.76. The Labute approximate surface area is 153 Å². The van der Waals surface area contributed by atoms with Gasteiger partial charge in [0.15, 0.2) is 0 Å². The van der Waals surface area contributed by atoms with Crippen molar-refractivity contribution in [3.05, 3.63) is 67.7 Å². The van der Waals surface area contributed by atoms with Crippen LogP contribution in [-0.2, 0) is 6.54 Å². The number of aromatic nitrogens is 2. The number of halogens is 1. The van der Waals surface area contributed by atoms with Gasteiger partial charge < -0.3 is 14.6 Å². The zero-order valence-corrected chi connectivity index (χ0v) is 14.8. The minimum atomic E-state index is -0.521. The van der Waals surface area contributed by atoms with Crippen molar-refractivity contribution in [1.29, 1.82) is 0 Å². The van der Waals surface area contributed by atoms with E-state index in [1.807, 2.05) is 0 Å². The maximum Gasteiger partial charge on any atom is 0.293 e. The number of rotatable bonds is 5. The molecule has 9 heteroatoms. The van der Waals surface area contributed by atoms with E-state index in [9.17, 15) is 14.9 Å². The molecule has 1 heterocycles. The maximum atomic E-state index is 11.9. The van der Waals surface area contributed by atoms with Gasteiger partial charge in [-0.3, -0.25) is 14.9 Å².